The Kier molecular flexibility index (Phi) is 16.0. The molecule has 3 rings (SSSR count). The molecule has 2 aromatic carbocycles. The van der Waals surface area contributed by atoms with Crippen LogP contribution < -0.4 is 27.4 Å². The number of unbranched alkanes of at least 4 members (excludes halogenated alkanes) is 1. The van der Waals surface area contributed by atoms with Crippen molar-refractivity contribution in [1.82, 2.24) is 20.9 Å². The minimum atomic E-state index is -2.26. The lowest BCUT2D eigenvalue weighted by Crippen LogP contribution is -2.59. The van der Waals surface area contributed by atoms with Crippen LogP contribution in [0.15, 0.2) is 60.7 Å². The van der Waals surface area contributed by atoms with Crippen molar-refractivity contribution in [3.63, 3.8) is 0 Å². The largest absolute Gasteiger partial charge is 0.343 e. The van der Waals surface area contributed by atoms with E-state index in [1.807, 2.05) is 74.5 Å². The zero-order valence-corrected chi connectivity index (χ0v) is 30.5. The van der Waals surface area contributed by atoms with Crippen LogP contribution in [0.1, 0.15) is 63.5 Å². The van der Waals surface area contributed by atoms with Gasteiger partial charge in [-0.25, -0.2) is 0 Å². The Morgan fingerprint density at radius 1 is 0.776 bits per heavy atom. The van der Waals surface area contributed by atoms with Crippen molar-refractivity contribution in [2.45, 2.75) is 95.0 Å². The normalized spacial score (nSPS) is 16.3. The van der Waals surface area contributed by atoms with Crippen LogP contribution in [0.4, 0.5) is 0 Å². The van der Waals surface area contributed by atoms with Gasteiger partial charge in [-0.05, 0) is 81.9 Å². The molecule has 4 atom stereocenters. The second-order valence-corrected chi connectivity index (χ2v) is 17.7. The molecule has 0 saturated carbocycles. The molecule has 0 bridgehead atoms. The van der Waals surface area contributed by atoms with Crippen molar-refractivity contribution in [1.29, 1.82) is 0 Å². The highest BCUT2D eigenvalue weighted by Gasteiger charge is 2.35. The molecule has 0 aromatic heterocycles. The van der Waals surface area contributed by atoms with E-state index in [9.17, 15) is 23.7 Å². The molecule has 11 nitrogen and oxygen atoms in total. The summed E-state index contributed by atoms with van der Waals surface area (Å²) in [6, 6.07) is 15.1. The van der Waals surface area contributed by atoms with Crippen LogP contribution in [-0.4, -0.2) is 91.3 Å². The molecule has 1 fully saturated rings. The summed E-state index contributed by atoms with van der Waals surface area (Å²) in [6.45, 7) is 8.93. The van der Waals surface area contributed by atoms with E-state index in [1.54, 1.807) is 18.2 Å². The SMILES string of the molecule is CC(C)C[C@@H](NC(=O)[C@@H](Cc1ccccc1)NC(=O)[C@H](N)Cc1ccccc1)C(=O)N[C@H](CCCCN)C(=O)N1CCC(P(C)(C)=O)CC1. The second-order valence-electron chi connectivity index (χ2n) is 14.1. The Morgan fingerprint density at radius 2 is 1.29 bits per heavy atom. The Labute approximate surface area is 292 Å². The number of carbonyl (C=O) groups is 4. The molecule has 0 radical (unpaired) electrons. The lowest BCUT2D eigenvalue weighted by atomic mass is 9.99. The highest BCUT2D eigenvalue weighted by atomic mass is 31.2. The minimum absolute atomic E-state index is 0.0432. The van der Waals surface area contributed by atoms with E-state index in [2.05, 4.69) is 16.0 Å². The number of carbonyl (C=O) groups excluding carboxylic acids is 4. The lowest BCUT2D eigenvalue weighted by molar-refractivity contribution is -0.138. The van der Waals surface area contributed by atoms with Gasteiger partial charge >= 0.3 is 0 Å². The quantitative estimate of drug-likeness (QED) is 0.118. The summed E-state index contributed by atoms with van der Waals surface area (Å²) in [4.78, 5) is 56.5. The summed E-state index contributed by atoms with van der Waals surface area (Å²) < 4.78 is 12.6. The Bertz CT molecular complexity index is 1390. The average Bonchev–Trinajstić information content (AvgIpc) is 3.07. The van der Waals surface area contributed by atoms with Gasteiger partial charge in [0, 0.05) is 25.2 Å². The number of hydrogen-bond donors (Lipinski definition) is 5. The molecule has 0 unspecified atom stereocenters. The maximum Gasteiger partial charge on any atom is 0.245 e. The second kappa shape index (κ2) is 19.6. The summed E-state index contributed by atoms with van der Waals surface area (Å²) in [5.41, 5.74) is 13.8. The van der Waals surface area contributed by atoms with Gasteiger partial charge in [-0.2, -0.15) is 0 Å². The average molecular weight is 697 g/mol. The molecule has 1 aliphatic rings. The van der Waals surface area contributed by atoms with Gasteiger partial charge in [-0.3, -0.25) is 19.2 Å². The number of benzene rings is 2. The maximum atomic E-state index is 13.9. The van der Waals surface area contributed by atoms with E-state index in [0.29, 0.717) is 64.6 Å². The fourth-order valence-electron chi connectivity index (χ4n) is 6.22. The molecular weight excluding hydrogens is 639 g/mol. The van der Waals surface area contributed by atoms with Crippen molar-refractivity contribution in [3.8, 4) is 0 Å². The lowest BCUT2D eigenvalue weighted by Gasteiger charge is -2.36. The van der Waals surface area contributed by atoms with Crippen LogP contribution in [0.2, 0.25) is 0 Å². The molecule has 1 aliphatic heterocycles. The van der Waals surface area contributed by atoms with Gasteiger partial charge < -0.3 is 36.9 Å². The Morgan fingerprint density at radius 3 is 1.82 bits per heavy atom. The first-order valence-electron chi connectivity index (χ1n) is 17.6. The first-order chi connectivity index (χ1) is 23.3. The zero-order chi connectivity index (χ0) is 36.0. The molecule has 2 aromatic rings. The highest BCUT2D eigenvalue weighted by Crippen LogP contribution is 2.47. The van der Waals surface area contributed by atoms with Crippen LogP contribution in [0.3, 0.4) is 0 Å². The number of likely N-dealkylation sites (tertiary alicyclic amines) is 1. The van der Waals surface area contributed by atoms with Crippen LogP contribution in [-0.2, 0) is 36.6 Å². The van der Waals surface area contributed by atoms with Crippen LogP contribution in [0, 0.1) is 5.92 Å². The number of nitrogens with zero attached hydrogens (tertiary/aromatic N) is 1. The van der Waals surface area contributed by atoms with Crippen molar-refractivity contribution in [3.05, 3.63) is 71.8 Å². The summed E-state index contributed by atoms with van der Waals surface area (Å²) in [7, 11) is -2.26. The van der Waals surface area contributed by atoms with Gasteiger partial charge in [0.2, 0.25) is 23.6 Å². The fourth-order valence-corrected chi connectivity index (χ4v) is 7.70. The molecule has 0 aliphatic carbocycles. The van der Waals surface area contributed by atoms with Crippen LogP contribution in [0.25, 0.3) is 0 Å². The van der Waals surface area contributed by atoms with E-state index in [0.717, 1.165) is 11.1 Å². The number of piperidine rings is 1. The van der Waals surface area contributed by atoms with Gasteiger partial charge in [0.15, 0.2) is 0 Å². The van der Waals surface area contributed by atoms with Gasteiger partial charge in [0.05, 0.1) is 13.2 Å². The molecule has 4 amide bonds. The van der Waals surface area contributed by atoms with Gasteiger partial charge in [-0.15, -0.1) is 0 Å². The predicted molar refractivity (Wildman–Crippen MR) is 195 cm³/mol. The smallest absolute Gasteiger partial charge is 0.245 e. The van der Waals surface area contributed by atoms with E-state index in [1.165, 1.54) is 0 Å². The molecule has 49 heavy (non-hydrogen) atoms. The van der Waals surface area contributed by atoms with Crippen molar-refractivity contribution >= 4 is 30.8 Å². The van der Waals surface area contributed by atoms with Gasteiger partial charge in [-0.1, -0.05) is 74.5 Å². The fraction of sp³-hybridized carbons (Fsp3) is 0.568. The third-order valence-electron chi connectivity index (χ3n) is 9.11. The van der Waals surface area contributed by atoms with Crippen LogP contribution in [0.5, 0.6) is 0 Å². The number of hydrogen-bond acceptors (Lipinski definition) is 7. The number of rotatable bonds is 18. The number of nitrogens with two attached hydrogens (primary N) is 2. The first-order valence-corrected chi connectivity index (χ1v) is 20.2. The summed E-state index contributed by atoms with van der Waals surface area (Å²) in [5.74, 6) is -1.58. The summed E-state index contributed by atoms with van der Waals surface area (Å²) >= 11 is 0. The molecular formula is C37H57N6O5P. The third kappa shape index (κ3) is 13.4. The molecule has 0 spiro atoms. The minimum Gasteiger partial charge on any atom is -0.343 e. The molecule has 12 heteroatoms. The molecule has 1 heterocycles. The van der Waals surface area contributed by atoms with E-state index >= 15 is 0 Å². The van der Waals surface area contributed by atoms with Gasteiger partial charge in [0.25, 0.3) is 0 Å². The van der Waals surface area contributed by atoms with Crippen LogP contribution >= 0.6 is 7.14 Å². The molecule has 270 valence electrons. The van der Waals surface area contributed by atoms with Crippen molar-refractivity contribution in [2.24, 2.45) is 17.4 Å². The number of amides is 4. The van der Waals surface area contributed by atoms with Crippen molar-refractivity contribution < 1.29 is 23.7 Å². The first kappa shape index (κ1) is 39.9. The number of nitrogens with one attached hydrogen (secondary N) is 3. The van der Waals surface area contributed by atoms with Crippen molar-refractivity contribution in [2.75, 3.05) is 33.0 Å². The Hall–Kier alpha value is -3.53. The topological polar surface area (TPSA) is 177 Å². The Balaban J connectivity index is 1.76. The van der Waals surface area contributed by atoms with Gasteiger partial charge in [0.1, 0.15) is 18.1 Å². The highest BCUT2D eigenvalue weighted by molar-refractivity contribution is 7.63. The summed E-state index contributed by atoms with van der Waals surface area (Å²) in [6.07, 6.45) is 3.92. The van der Waals surface area contributed by atoms with E-state index < -0.39 is 49.0 Å². The van der Waals surface area contributed by atoms with E-state index in [-0.39, 0.29) is 23.9 Å². The third-order valence-corrected chi connectivity index (χ3v) is 11.4. The predicted octanol–water partition coefficient (Wildman–Crippen LogP) is 3.04. The monoisotopic (exact) mass is 696 g/mol. The maximum absolute atomic E-state index is 13.9. The molecule has 1 saturated heterocycles. The molecule has 7 N–H and O–H groups in total. The standard InChI is InChI=1S/C37H57N6O5P/c1-26(2)23-32(35(45)40-31(17-11-12-20-38)37(47)43-21-18-29(19-22-43)49(3,4)48)42-36(46)33(25-28-15-9-6-10-16-28)41-34(44)30(39)24-27-13-7-5-8-14-27/h5-10,13-16,26,29-33H,11-12,17-25,38-39H2,1-4H3,(H,40,45)(H,41,44)(H,42,46)/t30-,31-,32-,33-/m1/s1. The summed E-state index contributed by atoms with van der Waals surface area (Å²) in [5, 5.41) is 8.68. The van der Waals surface area contributed by atoms with E-state index in [4.69, 9.17) is 11.5 Å². The zero-order valence-electron chi connectivity index (χ0n) is 29.6.